The number of urea groups is 1. The summed E-state index contributed by atoms with van der Waals surface area (Å²) >= 11 is 0. The van der Waals surface area contributed by atoms with Crippen molar-refractivity contribution in [3.8, 4) is 0 Å². The molecule has 2 rings (SSSR count). The van der Waals surface area contributed by atoms with Crippen LogP contribution < -0.4 is 4.90 Å². The first kappa shape index (κ1) is 13.4. The molecule has 19 heavy (non-hydrogen) atoms. The maximum absolute atomic E-state index is 12.3. The van der Waals surface area contributed by atoms with Crippen molar-refractivity contribution < 1.29 is 14.7 Å². The fourth-order valence-corrected chi connectivity index (χ4v) is 2.39. The molecular formula is C14H18N2O3. The Labute approximate surface area is 112 Å². The molecule has 5 heteroatoms. The number of carboxylic acid groups (broad SMARTS) is 1. The first-order chi connectivity index (χ1) is 9.00. The number of carboxylic acids is 1. The average Bonchev–Trinajstić information content (AvgIpc) is 2.87. The van der Waals surface area contributed by atoms with E-state index in [2.05, 4.69) is 0 Å². The van der Waals surface area contributed by atoms with Crippen LogP contribution >= 0.6 is 0 Å². The van der Waals surface area contributed by atoms with E-state index < -0.39 is 11.9 Å². The Hall–Kier alpha value is -2.04. The number of likely N-dealkylation sites (tertiary alicyclic amines) is 1. The fourth-order valence-electron chi connectivity index (χ4n) is 2.39. The molecule has 1 fully saturated rings. The number of anilines is 1. The minimum Gasteiger partial charge on any atom is -0.481 e. The summed E-state index contributed by atoms with van der Waals surface area (Å²) in [6.07, 6.45) is 0.530. The Morgan fingerprint density at radius 3 is 2.63 bits per heavy atom. The van der Waals surface area contributed by atoms with Crippen LogP contribution in [0.5, 0.6) is 0 Å². The number of benzene rings is 1. The van der Waals surface area contributed by atoms with Gasteiger partial charge in [-0.25, -0.2) is 4.79 Å². The second-order valence-electron chi connectivity index (χ2n) is 4.90. The molecule has 0 aromatic heterocycles. The lowest BCUT2D eigenvalue weighted by atomic mass is 10.1. The van der Waals surface area contributed by atoms with E-state index in [9.17, 15) is 9.59 Å². The highest BCUT2D eigenvalue weighted by molar-refractivity contribution is 5.92. The Morgan fingerprint density at radius 2 is 2.05 bits per heavy atom. The summed E-state index contributed by atoms with van der Waals surface area (Å²) in [7, 11) is 1.72. The molecule has 1 saturated heterocycles. The number of aryl methyl sites for hydroxylation is 1. The molecule has 0 bridgehead atoms. The van der Waals surface area contributed by atoms with Gasteiger partial charge in [0.05, 0.1) is 5.92 Å². The van der Waals surface area contributed by atoms with Crippen molar-refractivity contribution in [1.29, 1.82) is 0 Å². The third kappa shape index (κ3) is 2.70. The number of carbonyl (C=O) groups is 2. The van der Waals surface area contributed by atoms with Crippen LogP contribution in [0.15, 0.2) is 24.3 Å². The Morgan fingerprint density at radius 1 is 1.37 bits per heavy atom. The molecule has 1 aromatic rings. The van der Waals surface area contributed by atoms with Gasteiger partial charge in [0.2, 0.25) is 0 Å². The van der Waals surface area contributed by atoms with E-state index in [1.54, 1.807) is 16.8 Å². The summed E-state index contributed by atoms with van der Waals surface area (Å²) in [5, 5.41) is 8.96. The van der Waals surface area contributed by atoms with E-state index in [4.69, 9.17) is 5.11 Å². The van der Waals surface area contributed by atoms with Gasteiger partial charge in [0.15, 0.2) is 0 Å². The van der Waals surface area contributed by atoms with Crippen LogP contribution in [0.3, 0.4) is 0 Å². The molecular weight excluding hydrogens is 244 g/mol. The van der Waals surface area contributed by atoms with E-state index in [0.717, 1.165) is 11.3 Å². The number of rotatable bonds is 2. The van der Waals surface area contributed by atoms with Gasteiger partial charge in [-0.15, -0.1) is 0 Å². The quantitative estimate of drug-likeness (QED) is 0.886. The van der Waals surface area contributed by atoms with Crippen LogP contribution in [-0.4, -0.2) is 42.1 Å². The highest BCUT2D eigenvalue weighted by Gasteiger charge is 2.32. The van der Waals surface area contributed by atoms with E-state index in [1.165, 1.54) is 0 Å². The second kappa shape index (κ2) is 5.30. The lowest BCUT2D eigenvalue weighted by molar-refractivity contribution is -0.141. The van der Waals surface area contributed by atoms with E-state index in [0.29, 0.717) is 19.5 Å². The molecule has 2 amide bonds. The standard InChI is InChI=1S/C14H18N2O3/c1-10-5-3-4-6-12(10)15(2)14(19)16-8-7-11(9-16)13(17)18/h3-6,11H,7-9H2,1-2H3,(H,17,18). The summed E-state index contributed by atoms with van der Waals surface area (Å²) in [6, 6.07) is 7.50. The van der Waals surface area contributed by atoms with E-state index in [1.807, 2.05) is 31.2 Å². The number of para-hydroxylation sites is 1. The normalized spacial score (nSPS) is 18.4. The monoisotopic (exact) mass is 262 g/mol. The molecule has 0 radical (unpaired) electrons. The average molecular weight is 262 g/mol. The minimum atomic E-state index is -0.825. The van der Waals surface area contributed by atoms with Crippen molar-refractivity contribution in [2.75, 3.05) is 25.0 Å². The number of aliphatic carboxylic acids is 1. The maximum Gasteiger partial charge on any atom is 0.324 e. The molecule has 0 saturated carbocycles. The summed E-state index contributed by atoms with van der Waals surface area (Å²) in [5.41, 5.74) is 1.87. The smallest absolute Gasteiger partial charge is 0.324 e. The first-order valence-electron chi connectivity index (χ1n) is 6.31. The first-order valence-corrected chi connectivity index (χ1v) is 6.31. The largest absolute Gasteiger partial charge is 0.481 e. The van der Waals surface area contributed by atoms with E-state index >= 15 is 0 Å². The van der Waals surface area contributed by atoms with Gasteiger partial charge >= 0.3 is 12.0 Å². The molecule has 1 aliphatic rings. The summed E-state index contributed by atoms with van der Waals surface area (Å²) in [4.78, 5) is 26.4. The van der Waals surface area contributed by atoms with Gasteiger partial charge in [0.25, 0.3) is 0 Å². The zero-order valence-corrected chi connectivity index (χ0v) is 11.2. The number of carbonyl (C=O) groups excluding carboxylic acids is 1. The van der Waals surface area contributed by atoms with Crippen molar-refractivity contribution in [2.24, 2.45) is 5.92 Å². The number of nitrogens with zero attached hydrogens (tertiary/aromatic N) is 2. The third-order valence-corrected chi connectivity index (χ3v) is 3.57. The molecule has 102 valence electrons. The highest BCUT2D eigenvalue weighted by atomic mass is 16.4. The van der Waals surface area contributed by atoms with E-state index in [-0.39, 0.29) is 6.03 Å². The summed E-state index contributed by atoms with van der Waals surface area (Å²) in [6.45, 7) is 2.75. The van der Waals surface area contributed by atoms with Crippen molar-refractivity contribution in [2.45, 2.75) is 13.3 Å². The summed E-state index contributed by atoms with van der Waals surface area (Å²) in [5.74, 6) is -1.26. The van der Waals surface area contributed by atoms with Crippen molar-refractivity contribution in [3.05, 3.63) is 29.8 Å². The minimum absolute atomic E-state index is 0.141. The number of hydrogen-bond acceptors (Lipinski definition) is 2. The zero-order chi connectivity index (χ0) is 14.0. The van der Waals surface area contributed by atoms with Crippen LogP contribution in [-0.2, 0) is 4.79 Å². The molecule has 5 nitrogen and oxygen atoms in total. The second-order valence-corrected chi connectivity index (χ2v) is 4.90. The molecule has 1 N–H and O–H groups in total. The molecule has 0 spiro atoms. The maximum atomic E-state index is 12.3. The number of amides is 2. The van der Waals surface area contributed by atoms with Crippen molar-refractivity contribution in [1.82, 2.24) is 4.90 Å². The third-order valence-electron chi connectivity index (χ3n) is 3.57. The highest BCUT2D eigenvalue weighted by Crippen LogP contribution is 2.22. The molecule has 1 heterocycles. The van der Waals surface area contributed by atoms with Gasteiger partial charge in [-0.3, -0.25) is 9.69 Å². The van der Waals surface area contributed by atoms with Crippen molar-refractivity contribution in [3.63, 3.8) is 0 Å². The van der Waals surface area contributed by atoms with Gasteiger partial charge < -0.3 is 10.0 Å². The van der Waals surface area contributed by atoms with Crippen LogP contribution in [0, 0.1) is 12.8 Å². The summed E-state index contributed by atoms with van der Waals surface area (Å²) < 4.78 is 0. The van der Waals surface area contributed by atoms with Crippen LogP contribution in [0.4, 0.5) is 10.5 Å². The molecule has 1 aliphatic heterocycles. The SMILES string of the molecule is Cc1ccccc1N(C)C(=O)N1CCC(C(=O)O)C1. The molecule has 1 atom stereocenters. The zero-order valence-electron chi connectivity index (χ0n) is 11.2. The Bertz CT molecular complexity index is 501. The fraction of sp³-hybridized carbons (Fsp3) is 0.429. The topological polar surface area (TPSA) is 60.9 Å². The predicted molar refractivity (Wildman–Crippen MR) is 72.3 cm³/mol. The lowest BCUT2D eigenvalue weighted by Gasteiger charge is -2.25. The number of hydrogen-bond donors (Lipinski definition) is 1. The Kier molecular flexibility index (Phi) is 3.74. The molecule has 1 unspecified atom stereocenters. The van der Waals surface area contributed by atoms with Gasteiger partial charge in [-0.2, -0.15) is 0 Å². The Balaban J connectivity index is 2.09. The van der Waals surface area contributed by atoms with Crippen LogP contribution in [0.1, 0.15) is 12.0 Å². The van der Waals surface area contributed by atoms with Gasteiger partial charge in [-0.05, 0) is 25.0 Å². The van der Waals surface area contributed by atoms with Gasteiger partial charge in [-0.1, -0.05) is 18.2 Å². The molecule has 0 aliphatic carbocycles. The molecule has 1 aromatic carbocycles. The van der Waals surface area contributed by atoms with Crippen LogP contribution in [0.2, 0.25) is 0 Å². The predicted octanol–water partition coefficient (Wildman–Crippen LogP) is 1.96. The van der Waals surface area contributed by atoms with Gasteiger partial charge in [0.1, 0.15) is 0 Å². The van der Waals surface area contributed by atoms with Gasteiger partial charge in [0, 0.05) is 25.8 Å². The van der Waals surface area contributed by atoms with Crippen molar-refractivity contribution >= 4 is 17.7 Å². The lowest BCUT2D eigenvalue weighted by Crippen LogP contribution is -2.40. The van der Waals surface area contributed by atoms with Crippen LogP contribution in [0.25, 0.3) is 0 Å².